The minimum Gasteiger partial charge on any atom is -0.467 e. The van der Waals surface area contributed by atoms with Crippen LogP contribution in [-0.4, -0.2) is 22.3 Å². The molecule has 2 aromatic rings. The molecule has 0 spiro atoms. The van der Waals surface area contributed by atoms with Crippen LogP contribution in [0.3, 0.4) is 0 Å². The van der Waals surface area contributed by atoms with Crippen molar-refractivity contribution >= 4 is 0 Å². The number of hydrogen-bond acceptors (Lipinski definition) is 3. The van der Waals surface area contributed by atoms with Crippen LogP contribution in [-0.2, 0) is 0 Å². The van der Waals surface area contributed by atoms with Crippen LogP contribution in [0.4, 0.5) is 0 Å². The molecule has 0 unspecified atom stereocenters. The van der Waals surface area contributed by atoms with Gasteiger partial charge >= 0.3 is 6.01 Å². The highest BCUT2D eigenvalue weighted by Gasteiger charge is 2.03. The van der Waals surface area contributed by atoms with Gasteiger partial charge < -0.3 is 4.74 Å². The van der Waals surface area contributed by atoms with Crippen molar-refractivity contribution in [2.45, 2.75) is 0 Å². The number of H-pyrrole nitrogens is 1. The number of nitrogens with one attached hydrogen (secondary N) is 1. The Morgan fingerprint density at radius 2 is 2.00 bits per heavy atom. The smallest absolute Gasteiger partial charge is 0.312 e. The Labute approximate surface area is 75.6 Å². The Hall–Kier alpha value is -1.84. The maximum atomic E-state index is 4.89. The number of benzene rings is 1. The van der Waals surface area contributed by atoms with Crippen LogP contribution in [0.2, 0.25) is 0 Å². The Morgan fingerprint density at radius 3 is 2.62 bits per heavy atom. The summed E-state index contributed by atoms with van der Waals surface area (Å²) in [5, 5.41) is 6.67. The van der Waals surface area contributed by atoms with Crippen LogP contribution in [0.5, 0.6) is 6.01 Å². The second-order valence-corrected chi connectivity index (χ2v) is 2.53. The molecule has 13 heavy (non-hydrogen) atoms. The lowest BCUT2D eigenvalue weighted by atomic mass is 10.2. The van der Waals surface area contributed by atoms with E-state index in [1.165, 1.54) is 0 Å². The van der Waals surface area contributed by atoms with Gasteiger partial charge in [-0.1, -0.05) is 30.3 Å². The monoisotopic (exact) mass is 175 g/mol. The van der Waals surface area contributed by atoms with E-state index >= 15 is 0 Å². The highest BCUT2D eigenvalue weighted by molar-refractivity contribution is 5.54. The Bertz CT molecular complexity index is 383. The van der Waals surface area contributed by atoms with E-state index in [0.717, 1.165) is 5.56 Å². The van der Waals surface area contributed by atoms with Crippen LogP contribution in [0.15, 0.2) is 30.3 Å². The summed E-state index contributed by atoms with van der Waals surface area (Å²) in [6.45, 7) is 0. The first-order chi connectivity index (χ1) is 6.40. The van der Waals surface area contributed by atoms with E-state index in [0.29, 0.717) is 11.8 Å². The second kappa shape index (κ2) is 3.26. The number of nitrogens with zero attached hydrogens (tertiary/aromatic N) is 2. The molecule has 2 rings (SSSR count). The van der Waals surface area contributed by atoms with Gasteiger partial charge in [-0.25, -0.2) is 5.10 Å². The first-order valence-electron chi connectivity index (χ1n) is 3.92. The van der Waals surface area contributed by atoms with Gasteiger partial charge in [-0.15, -0.1) is 0 Å². The Kier molecular flexibility index (Phi) is 1.96. The zero-order valence-corrected chi connectivity index (χ0v) is 7.19. The fourth-order valence-electron chi connectivity index (χ4n) is 1.05. The van der Waals surface area contributed by atoms with E-state index in [2.05, 4.69) is 15.2 Å². The quantitative estimate of drug-likeness (QED) is 0.752. The molecule has 0 bridgehead atoms. The van der Waals surface area contributed by atoms with Crippen LogP contribution < -0.4 is 4.74 Å². The first kappa shape index (κ1) is 7.79. The fourth-order valence-corrected chi connectivity index (χ4v) is 1.05. The van der Waals surface area contributed by atoms with Crippen LogP contribution >= 0.6 is 0 Å². The first-order valence-corrected chi connectivity index (χ1v) is 3.92. The maximum Gasteiger partial charge on any atom is 0.312 e. The largest absolute Gasteiger partial charge is 0.467 e. The van der Waals surface area contributed by atoms with E-state index in [1.807, 2.05) is 30.3 Å². The summed E-state index contributed by atoms with van der Waals surface area (Å²) in [5.74, 6) is 0.650. The molecule has 4 nitrogen and oxygen atoms in total. The van der Waals surface area contributed by atoms with Crippen molar-refractivity contribution < 1.29 is 4.74 Å². The number of aromatic amines is 1. The van der Waals surface area contributed by atoms with Crippen molar-refractivity contribution in [3.8, 4) is 17.4 Å². The number of rotatable bonds is 2. The predicted molar refractivity (Wildman–Crippen MR) is 48.4 cm³/mol. The fraction of sp³-hybridized carbons (Fsp3) is 0.111. The third-order valence-corrected chi connectivity index (χ3v) is 1.69. The zero-order chi connectivity index (χ0) is 9.10. The van der Waals surface area contributed by atoms with Crippen molar-refractivity contribution in [2.24, 2.45) is 0 Å². The van der Waals surface area contributed by atoms with Crippen LogP contribution in [0.1, 0.15) is 0 Å². The molecule has 1 N–H and O–H groups in total. The maximum absolute atomic E-state index is 4.89. The molecule has 1 aromatic carbocycles. The van der Waals surface area contributed by atoms with Crippen LogP contribution in [0.25, 0.3) is 11.4 Å². The minimum absolute atomic E-state index is 0.429. The summed E-state index contributed by atoms with van der Waals surface area (Å²) in [6.07, 6.45) is 0. The average molecular weight is 175 g/mol. The molecule has 0 aliphatic carbocycles. The summed E-state index contributed by atoms with van der Waals surface area (Å²) in [6, 6.07) is 10.2. The Morgan fingerprint density at radius 1 is 1.23 bits per heavy atom. The minimum atomic E-state index is 0.429. The Balaban J connectivity index is 2.36. The van der Waals surface area contributed by atoms with Crippen molar-refractivity contribution in [1.82, 2.24) is 15.2 Å². The molecule has 0 atom stereocenters. The molecule has 1 heterocycles. The lowest BCUT2D eigenvalue weighted by Crippen LogP contribution is -1.83. The van der Waals surface area contributed by atoms with Crippen molar-refractivity contribution in [2.75, 3.05) is 7.11 Å². The van der Waals surface area contributed by atoms with Gasteiger partial charge in [0.15, 0.2) is 5.82 Å². The summed E-state index contributed by atoms with van der Waals surface area (Å²) in [4.78, 5) is 4.11. The summed E-state index contributed by atoms with van der Waals surface area (Å²) in [7, 11) is 1.55. The second-order valence-electron chi connectivity index (χ2n) is 2.53. The molecule has 0 saturated carbocycles. The molecule has 0 radical (unpaired) electrons. The van der Waals surface area contributed by atoms with Crippen molar-refractivity contribution in [1.29, 1.82) is 0 Å². The highest BCUT2D eigenvalue weighted by Crippen LogP contribution is 2.15. The molecule has 0 aliphatic heterocycles. The van der Waals surface area contributed by atoms with Gasteiger partial charge in [-0.3, -0.25) is 0 Å². The third kappa shape index (κ3) is 1.51. The summed E-state index contributed by atoms with van der Waals surface area (Å²) in [5.41, 5.74) is 0.974. The highest BCUT2D eigenvalue weighted by atomic mass is 16.5. The molecule has 0 amide bonds. The lowest BCUT2D eigenvalue weighted by Gasteiger charge is -1.91. The normalized spacial score (nSPS) is 9.92. The van der Waals surface area contributed by atoms with E-state index in [1.54, 1.807) is 7.11 Å². The van der Waals surface area contributed by atoms with Crippen molar-refractivity contribution in [3.05, 3.63) is 30.3 Å². The van der Waals surface area contributed by atoms with Gasteiger partial charge in [0, 0.05) is 5.56 Å². The predicted octanol–water partition coefficient (Wildman–Crippen LogP) is 1.48. The number of ether oxygens (including phenoxy) is 1. The standard InChI is InChI=1S/C9H9N3O/c1-13-9-10-8(11-12-9)7-5-3-2-4-6-7/h2-6H,1H3,(H,10,11,12). The van der Waals surface area contributed by atoms with Crippen molar-refractivity contribution in [3.63, 3.8) is 0 Å². The number of aromatic nitrogens is 3. The van der Waals surface area contributed by atoms with Gasteiger partial charge in [0.1, 0.15) is 0 Å². The topological polar surface area (TPSA) is 50.8 Å². The number of hydrogen-bond donors (Lipinski definition) is 1. The molecule has 0 fully saturated rings. The third-order valence-electron chi connectivity index (χ3n) is 1.69. The average Bonchev–Trinajstić information content (AvgIpc) is 2.67. The van der Waals surface area contributed by atoms with Gasteiger partial charge in [0.2, 0.25) is 0 Å². The van der Waals surface area contributed by atoms with Gasteiger partial charge in [0.25, 0.3) is 0 Å². The molecule has 66 valence electrons. The molecular formula is C9H9N3O. The zero-order valence-electron chi connectivity index (χ0n) is 7.19. The van der Waals surface area contributed by atoms with E-state index in [4.69, 9.17) is 4.74 Å². The molecular weight excluding hydrogens is 166 g/mol. The van der Waals surface area contributed by atoms with E-state index in [-0.39, 0.29) is 0 Å². The lowest BCUT2D eigenvalue weighted by molar-refractivity contribution is 0.382. The number of methoxy groups -OCH3 is 1. The molecule has 4 heteroatoms. The van der Waals surface area contributed by atoms with E-state index in [9.17, 15) is 0 Å². The summed E-state index contributed by atoms with van der Waals surface area (Å²) >= 11 is 0. The van der Waals surface area contributed by atoms with E-state index < -0.39 is 0 Å². The molecule has 0 saturated heterocycles. The van der Waals surface area contributed by atoms with Gasteiger partial charge in [-0.05, 0) is 0 Å². The van der Waals surface area contributed by atoms with Gasteiger partial charge in [-0.2, -0.15) is 10.1 Å². The van der Waals surface area contributed by atoms with Gasteiger partial charge in [0.05, 0.1) is 7.11 Å². The molecule has 0 aliphatic rings. The molecule has 1 aromatic heterocycles. The van der Waals surface area contributed by atoms with Crippen LogP contribution in [0, 0.1) is 0 Å². The SMILES string of the molecule is COc1nc(-c2ccccc2)n[nH]1. The summed E-state index contributed by atoms with van der Waals surface area (Å²) < 4.78 is 4.89.